The van der Waals surface area contributed by atoms with E-state index in [0.29, 0.717) is 0 Å². The average molecular weight is 266 g/mol. The number of rotatable bonds is 2. The summed E-state index contributed by atoms with van der Waals surface area (Å²) in [6.07, 6.45) is 9.90. The Balaban J connectivity index is 1.71. The van der Waals surface area contributed by atoms with E-state index in [1.54, 1.807) is 0 Å². The summed E-state index contributed by atoms with van der Waals surface area (Å²) < 4.78 is 0. The Labute approximate surface area is 115 Å². The van der Waals surface area contributed by atoms with Crippen LogP contribution in [0.3, 0.4) is 0 Å². The molecule has 0 heterocycles. The summed E-state index contributed by atoms with van der Waals surface area (Å²) in [4.78, 5) is 23.7. The normalized spacial score (nSPS) is 28.7. The fourth-order valence-electron chi connectivity index (χ4n) is 3.15. The van der Waals surface area contributed by atoms with Crippen LogP contribution in [0.4, 0.5) is 0 Å². The maximum Gasteiger partial charge on any atom is 0.309 e. The lowest BCUT2D eigenvalue weighted by Crippen LogP contribution is -2.48. The summed E-state index contributed by atoms with van der Waals surface area (Å²) in [5, 5.41) is 5.74. The second-order valence-electron chi connectivity index (χ2n) is 6.24. The first-order valence-corrected chi connectivity index (χ1v) is 7.76. The molecule has 0 unspecified atom stereocenters. The first kappa shape index (κ1) is 14.4. The largest absolute Gasteiger partial charge is 0.345 e. The van der Waals surface area contributed by atoms with Crippen LogP contribution in [0.2, 0.25) is 0 Å². The third-order valence-electron chi connectivity index (χ3n) is 4.50. The number of nitrogens with one attached hydrogen (secondary N) is 2. The molecule has 2 fully saturated rings. The monoisotopic (exact) mass is 266 g/mol. The van der Waals surface area contributed by atoms with E-state index in [1.165, 1.54) is 6.42 Å². The van der Waals surface area contributed by atoms with E-state index in [9.17, 15) is 9.59 Å². The van der Waals surface area contributed by atoms with E-state index in [4.69, 9.17) is 0 Å². The number of carbonyl (C=O) groups is 2. The Kier molecular flexibility index (Phi) is 5.23. The molecular weight excluding hydrogens is 240 g/mol. The standard InChI is InChI=1S/C15H26N2O2/c1-11-7-9-13(10-8-11)17-15(19)14(18)16-12-5-3-2-4-6-12/h11-13H,2-10H2,1H3,(H,16,18)(H,17,19). The van der Waals surface area contributed by atoms with Crippen LogP contribution >= 0.6 is 0 Å². The van der Waals surface area contributed by atoms with Crippen LogP contribution in [-0.4, -0.2) is 23.9 Å². The highest BCUT2D eigenvalue weighted by molar-refractivity contribution is 6.35. The van der Waals surface area contributed by atoms with Crippen molar-refractivity contribution in [1.29, 1.82) is 0 Å². The van der Waals surface area contributed by atoms with E-state index in [-0.39, 0.29) is 12.1 Å². The maximum atomic E-state index is 11.8. The van der Waals surface area contributed by atoms with Crippen LogP contribution in [0, 0.1) is 5.92 Å². The van der Waals surface area contributed by atoms with Crippen molar-refractivity contribution in [2.75, 3.05) is 0 Å². The minimum Gasteiger partial charge on any atom is -0.345 e. The smallest absolute Gasteiger partial charge is 0.309 e. The zero-order chi connectivity index (χ0) is 13.7. The summed E-state index contributed by atoms with van der Waals surface area (Å²) in [5.74, 6) is -0.125. The van der Waals surface area contributed by atoms with E-state index in [2.05, 4.69) is 17.6 Å². The molecule has 0 aromatic carbocycles. The maximum absolute atomic E-state index is 11.8. The van der Waals surface area contributed by atoms with Crippen molar-refractivity contribution in [2.45, 2.75) is 76.8 Å². The Hall–Kier alpha value is -1.06. The molecule has 2 saturated carbocycles. The van der Waals surface area contributed by atoms with Crippen molar-refractivity contribution in [1.82, 2.24) is 10.6 Å². The summed E-state index contributed by atoms with van der Waals surface area (Å²) in [5.41, 5.74) is 0. The highest BCUT2D eigenvalue weighted by atomic mass is 16.2. The summed E-state index contributed by atoms with van der Waals surface area (Å²) in [7, 11) is 0. The Morgan fingerprint density at radius 2 is 1.21 bits per heavy atom. The van der Waals surface area contributed by atoms with Crippen LogP contribution in [0.15, 0.2) is 0 Å². The molecule has 0 aliphatic heterocycles. The molecule has 2 rings (SSSR count). The van der Waals surface area contributed by atoms with Crippen molar-refractivity contribution in [3.8, 4) is 0 Å². The quantitative estimate of drug-likeness (QED) is 0.752. The SMILES string of the molecule is CC1CCC(NC(=O)C(=O)NC2CCCCC2)CC1. The second-order valence-corrected chi connectivity index (χ2v) is 6.24. The molecule has 2 aliphatic carbocycles. The molecule has 2 aliphatic rings. The van der Waals surface area contributed by atoms with Gasteiger partial charge >= 0.3 is 11.8 Å². The molecule has 19 heavy (non-hydrogen) atoms. The molecule has 0 aromatic rings. The third kappa shape index (κ3) is 4.51. The number of amides is 2. The van der Waals surface area contributed by atoms with Crippen molar-refractivity contribution >= 4 is 11.8 Å². The minimum atomic E-state index is -0.440. The molecular formula is C15H26N2O2. The zero-order valence-electron chi connectivity index (χ0n) is 11.9. The van der Waals surface area contributed by atoms with Crippen LogP contribution < -0.4 is 10.6 Å². The summed E-state index contributed by atoms with van der Waals surface area (Å²) in [6.45, 7) is 2.24. The highest BCUT2D eigenvalue weighted by Gasteiger charge is 2.24. The molecule has 0 atom stereocenters. The molecule has 2 amide bonds. The fourth-order valence-corrected chi connectivity index (χ4v) is 3.15. The summed E-state index contributed by atoms with van der Waals surface area (Å²) in [6, 6.07) is 0.402. The summed E-state index contributed by atoms with van der Waals surface area (Å²) >= 11 is 0. The van der Waals surface area contributed by atoms with Gasteiger partial charge in [0, 0.05) is 12.1 Å². The number of hydrogen-bond donors (Lipinski definition) is 2. The van der Waals surface area contributed by atoms with Gasteiger partial charge in [-0.1, -0.05) is 26.2 Å². The molecule has 108 valence electrons. The van der Waals surface area contributed by atoms with Crippen molar-refractivity contribution in [3.63, 3.8) is 0 Å². The van der Waals surface area contributed by atoms with Gasteiger partial charge in [0.25, 0.3) is 0 Å². The number of carbonyl (C=O) groups excluding carboxylic acids is 2. The lowest BCUT2D eigenvalue weighted by Gasteiger charge is -2.27. The van der Waals surface area contributed by atoms with Gasteiger partial charge < -0.3 is 10.6 Å². The van der Waals surface area contributed by atoms with E-state index in [1.807, 2.05) is 0 Å². The van der Waals surface area contributed by atoms with E-state index in [0.717, 1.165) is 57.3 Å². The average Bonchev–Trinajstić information content (AvgIpc) is 2.42. The molecule has 2 N–H and O–H groups in total. The topological polar surface area (TPSA) is 58.2 Å². The number of hydrogen-bond acceptors (Lipinski definition) is 2. The Bertz CT molecular complexity index is 316. The lowest BCUT2D eigenvalue weighted by molar-refractivity contribution is -0.140. The second kappa shape index (κ2) is 6.92. The molecule has 0 saturated heterocycles. The Morgan fingerprint density at radius 3 is 1.74 bits per heavy atom. The predicted molar refractivity (Wildman–Crippen MR) is 74.6 cm³/mol. The lowest BCUT2D eigenvalue weighted by atomic mass is 9.87. The first-order chi connectivity index (χ1) is 9.15. The van der Waals surface area contributed by atoms with Gasteiger partial charge in [-0.05, 0) is 44.4 Å². The van der Waals surface area contributed by atoms with Crippen molar-refractivity contribution < 1.29 is 9.59 Å². The van der Waals surface area contributed by atoms with Gasteiger partial charge in [-0.15, -0.1) is 0 Å². The molecule has 4 heteroatoms. The van der Waals surface area contributed by atoms with Gasteiger partial charge in [0.1, 0.15) is 0 Å². The van der Waals surface area contributed by atoms with Gasteiger partial charge in [0.05, 0.1) is 0 Å². The van der Waals surface area contributed by atoms with Gasteiger partial charge in [0.2, 0.25) is 0 Å². The molecule has 4 nitrogen and oxygen atoms in total. The van der Waals surface area contributed by atoms with Crippen LogP contribution in [-0.2, 0) is 9.59 Å². The molecule has 0 radical (unpaired) electrons. The Morgan fingerprint density at radius 1 is 0.737 bits per heavy atom. The van der Waals surface area contributed by atoms with Crippen LogP contribution in [0.1, 0.15) is 64.7 Å². The van der Waals surface area contributed by atoms with Crippen LogP contribution in [0.5, 0.6) is 0 Å². The van der Waals surface area contributed by atoms with E-state index >= 15 is 0 Å². The third-order valence-corrected chi connectivity index (χ3v) is 4.50. The molecule has 0 aromatic heterocycles. The predicted octanol–water partition coefficient (Wildman–Crippen LogP) is 2.13. The van der Waals surface area contributed by atoms with Gasteiger partial charge in [0.15, 0.2) is 0 Å². The van der Waals surface area contributed by atoms with E-state index < -0.39 is 11.8 Å². The first-order valence-electron chi connectivity index (χ1n) is 7.76. The minimum absolute atomic E-state index is 0.195. The van der Waals surface area contributed by atoms with Gasteiger partial charge in [-0.25, -0.2) is 0 Å². The van der Waals surface area contributed by atoms with Gasteiger partial charge in [-0.2, -0.15) is 0 Å². The van der Waals surface area contributed by atoms with Crippen LogP contribution in [0.25, 0.3) is 0 Å². The molecule has 0 spiro atoms. The van der Waals surface area contributed by atoms with Crippen molar-refractivity contribution in [3.05, 3.63) is 0 Å². The van der Waals surface area contributed by atoms with Gasteiger partial charge in [-0.3, -0.25) is 9.59 Å². The fraction of sp³-hybridized carbons (Fsp3) is 0.867. The highest BCUT2D eigenvalue weighted by Crippen LogP contribution is 2.23. The van der Waals surface area contributed by atoms with Crippen molar-refractivity contribution in [2.24, 2.45) is 5.92 Å². The zero-order valence-corrected chi connectivity index (χ0v) is 11.9. The molecule has 0 bridgehead atoms.